The van der Waals surface area contributed by atoms with E-state index in [0.29, 0.717) is 16.5 Å². The van der Waals surface area contributed by atoms with Crippen LogP contribution in [0.5, 0.6) is 0 Å². The summed E-state index contributed by atoms with van der Waals surface area (Å²) in [5.41, 5.74) is 1.72. The molecule has 1 aliphatic carbocycles. The molecule has 5 atom stereocenters. The highest BCUT2D eigenvalue weighted by atomic mass is 35.5. The lowest BCUT2D eigenvalue weighted by Crippen LogP contribution is -2.55. The summed E-state index contributed by atoms with van der Waals surface area (Å²) in [4.78, 5) is 0. The third-order valence-corrected chi connectivity index (χ3v) is 5.89. The molecule has 25 heavy (non-hydrogen) atoms. The van der Waals surface area contributed by atoms with Crippen molar-refractivity contribution < 1.29 is 25.2 Å². The van der Waals surface area contributed by atoms with E-state index in [1.54, 1.807) is 12.1 Å². The molecule has 1 saturated carbocycles. The number of halogens is 1. The van der Waals surface area contributed by atoms with Gasteiger partial charge in [0.25, 0.3) is 0 Å². The maximum atomic E-state index is 10.3. The Kier molecular flexibility index (Phi) is 6.36. The third-order valence-electron chi connectivity index (χ3n) is 5.52. The Labute approximate surface area is 153 Å². The summed E-state index contributed by atoms with van der Waals surface area (Å²) >= 11 is 6.37. The van der Waals surface area contributed by atoms with Gasteiger partial charge in [0.05, 0.1) is 6.61 Å². The van der Waals surface area contributed by atoms with Crippen LogP contribution < -0.4 is 0 Å². The Bertz CT molecular complexity index is 573. The Balaban J connectivity index is 1.80. The molecule has 0 bridgehead atoms. The number of rotatable bonds is 4. The SMILES string of the molecule is OC[C@H]1O[C@@H](c2ccc(Cl)c(CC3CCCCC3)c2)[C@H](O)[C@@H](O)[C@@H]1O. The molecular weight excluding hydrogens is 344 g/mol. The fourth-order valence-electron chi connectivity index (χ4n) is 4.01. The third kappa shape index (κ3) is 4.18. The highest BCUT2D eigenvalue weighted by Crippen LogP contribution is 2.35. The van der Waals surface area contributed by atoms with Crippen LogP contribution in [0.2, 0.25) is 5.02 Å². The van der Waals surface area contributed by atoms with E-state index in [1.807, 2.05) is 6.07 Å². The number of aliphatic hydroxyl groups is 4. The smallest absolute Gasteiger partial charge is 0.113 e. The largest absolute Gasteiger partial charge is 0.394 e. The van der Waals surface area contributed by atoms with Crippen LogP contribution in [0, 0.1) is 5.92 Å². The second-order valence-corrected chi connectivity index (χ2v) is 7.72. The first-order chi connectivity index (χ1) is 12.0. The lowest BCUT2D eigenvalue weighted by atomic mass is 9.84. The van der Waals surface area contributed by atoms with Gasteiger partial charge < -0.3 is 25.2 Å². The fraction of sp³-hybridized carbons (Fsp3) is 0.684. The van der Waals surface area contributed by atoms with E-state index in [1.165, 1.54) is 32.1 Å². The summed E-state index contributed by atoms with van der Waals surface area (Å²) in [6.45, 7) is -0.427. The van der Waals surface area contributed by atoms with Gasteiger partial charge in [0.2, 0.25) is 0 Å². The molecule has 0 radical (unpaired) electrons. The molecule has 5 nitrogen and oxygen atoms in total. The van der Waals surface area contributed by atoms with Gasteiger partial charge in [-0.1, -0.05) is 55.8 Å². The normalized spacial score (nSPS) is 34.2. The van der Waals surface area contributed by atoms with E-state index in [9.17, 15) is 20.4 Å². The first-order valence-electron chi connectivity index (χ1n) is 9.10. The number of hydrogen-bond donors (Lipinski definition) is 4. The lowest BCUT2D eigenvalue weighted by molar-refractivity contribution is -0.231. The second kappa shape index (κ2) is 8.33. The molecule has 1 aromatic carbocycles. The van der Waals surface area contributed by atoms with Gasteiger partial charge in [-0.2, -0.15) is 0 Å². The molecule has 2 aliphatic rings. The minimum Gasteiger partial charge on any atom is -0.394 e. The number of hydrogen-bond acceptors (Lipinski definition) is 5. The quantitative estimate of drug-likeness (QED) is 0.650. The number of ether oxygens (including phenoxy) is 1. The van der Waals surface area contributed by atoms with Gasteiger partial charge in [0.1, 0.15) is 30.5 Å². The van der Waals surface area contributed by atoms with E-state index in [-0.39, 0.29) is 0 Å². The van der Waals surface area contributed by atoms with E-state index in [2.05, 4.69) is 0 Å². The minimum atomic E-state index is -1.37. The van der Waals surface area contributed by atoms with Gasteiger partial charge in [0.15, 0.2) is 0 Å². The van der Waals surface area contributed by atoms with Gasteiger partial charge >= 0.3 is 0 Å². The van der Waals surface area contributed by atoms with Crippen LogP contribution in [0.3, 0.4) is 0 Å². The molecule has 0 aromatic heterocycles. The predicted molar refractivity (Wildman–Crippen MR) is 94.5 cm³/mol. The zero-order chi connectivity index (χ0) is 18.0. The van der Waals surface area contributed by atoms with Gasteiger partial charge in [-0.3, -0.25) is 0 Å². The predicted octanol–water partition coefficient (Wildman–Crippen LogP) is 1.98. The Morgan fingerprint density at radius 2 is 1.72 bits per heavy atom. The van der Waals surface area contributed by atoms with Crippen LogP contribution in [-0.2, 0) is 11.2 Å². The van der Waals surface area contributed by atoms with Crippen LogP contribution in [-0.4, -0.2) is 51.4 Å². The molecule has 140 valence electrons. The van der Waals surface area contributed by atoms with E-state index < -0.39 is 37.1 Å². The van der Waals surface area contributed by atoms with Gasteiger partial charge in [0, 0.05) is 5.02 Å². The van der Waals surface area contributed by atoms with Crippen molar-refractivity contribution >= 4 is 11.6 Å². The average molecular weight is 371 g/mol. The van der Waals surface area contributed by atoms with Crippen molar-refractivity contribution in [3.8, 4) is 0 Å². The minimum absolute atomic E-state index is 0.427. The zero-order valence-electron chi connectivity index (χ0n) is 14.2. The van der Waals surface area contributed by atoms with Crippen molar-refractivity contribution in [1.82, 2.24) is 0 Å². The van der Waals surface area contributed by atoms with Crippen molar-refractivity contribution in [2.75, 3.05) is 6.61 Å². The van der Waals surface area contributed by atoms with Crippen molar-refractivity contribution in [1.29, 1.82) is 0 Å². The summed E-state index contributed by atoms with van der Waals surface area (Å²) in [6.07, 6.45) is 1.45. The second-order valence-electron chi connectivity index (χ2n) is 7.31. The first kappa shape index (κ1) is 19.1. The summed E-state index contributed by atoms with van der Waals surface area (Å²) in [7, 11) is 0. The molecule has 3 rings (SSSR count). The van der Waals surface area contributed by atoms with Crippen molar-refractivity contribution in [3.63, 3.8) is 0 Å². The summed E-state index contributed by atoms with van der Waals surface area (Å²) in [6, 6.07) is 5.47. The fourth-order valence-corrected chi connectivity index (χ4v) is 4.20. The summed E-state index contributed by atoms with van der Waals surface area (Å²) < 4.78 is 5.65. The van der Waals surface area contributed by atoms with Crippen LogP contribution in [0.4, 0.5) is 0 Å². The van der Waals surface area contributed by atoms with Crippen LogP contribution in [0.15, 0.2) is 18.2 Å². The monoisotopic (exact) mass is 370 g/mol. The van der Waals surface area contributed by atoms with Crippen molar-refractivity contribution in [2.45, 2.75) is 69.0 Å². The topological polar surface area (TPSA) is 90.2 Å². The molecule has 2 fully saturated rings. The molecule has 4 N–H and O–H groups in total. The maximum Gasteiger partial charge on any atom is 0.113 e. The molecule has 1 aromatic rings. The molecule has 1 heterocycles. The lowest BCUT2D eigenvalue weighted by Gasteiger charge is -2.40. The van der Waals surface area contributed by atoms with E-state index in [4.69, 9.17) is 16.3 Å². The van der Waals surface area contributed by atoms with Crippen LogP contribution >= 0.6 is 11.6 Å². The molecule has 0 amide bonds. The molecular formula is C19H27ClO5. The Morgan fingerprint density at radius 3 is 2.40 bits per heavy atom. The first-order valence-corrected chi connectivity index (χ1v) is 9.48. The number of aliphatic hydroxyl groups excluding tert-OH is 4. The molecule has 1 saturated heterocycles. The molecule has 0 unspecified atom stereocenters. The Morgan fingerprint density at radius 1 is 1.00 bits per heavy atom. The molecule has 6 heteroatoms. The van der Waals surface area contributed by atoms with Gasteiger partial charge in [-0.05, 0) is 29.5 Å². The van der Waals surface area contributed by atoms with Gasteiger partial charge in [-0.15, -0.1) is 0 Å². The van der Waals surface area contributed by atoms with E-state index in [0.717, 1.165) is 12.0 Å². The highest BCUT2D eigenvalue weighted by Gasteiger charge is 2.44. The van der Waals surface area contributed by atoms with Crippen molar-refractivity contribution in [3.05, 3.63) is 34.3 Å². The summed E-state index contributed by atoms with van der Waals surface area (Å²) in [5, 5.41) is 40.3. The molecule has 1 aliphatic heterocycles. The Hall–Kier alpha value is -0.690. The van der Waals surface area contributed by atoms with Crippen molar-refractivity contribution in [2.24, 2.45) is 5.92 Å². The number of benzene rings is 1. The standard InChI is InChI=1S/C19H27ClO5/c20-14-7-6-12(9-13(14)8-11-4-2-1-3-5-11)19-18(24)17(23)16(22)15(10-21)25-19/h6-7,9,11,15-19,21-24H,1-5,8,10H2/t15-,16-,17+,18-,19+/m1/s1. The summed E-state index contributed by atoms with van der Waals surface area (Å²) in [5.74, 6) is 0.622. The zero-order valence-corrected chi connectivity index (χ0v) is 15.0. The van der Waals surface area contributed by atoms with Crippen LogP contribution in [0.1, 0.15) is 49.3 Å². The maximum absolute atomic E-state index is 10.3. The van der Waals surface area contributed by atoms with Crippen LogP contribution in [0.25, 0.3) is 0 Å². The van der Waals surface area contributed by atoms with E-state index >= 15 is 0 Å². The highest BCUT2D eigenvalue weighted by molar-refractivity contribution is 6.31. The van der Waals surface area contributed by atoms with Gasteiger partial charge in [-0.25, -0.2) is 0 Å². The molecule has 0 spiro atoms. The average Bonchev–Trinajstić information content (AvgIpc) is 2.63.